The molecule has 1 heterocycles. The summed E-state index contributed by atoms with van der Waals surface area (Å²) in [5.74, 6) is -0.498. The predicted molar refractivity (Wildman–Crippen MR) is 77.8 cm³/mol. The van der Waals surface area contributed by atoms with E-state index in [0.29, 0.717) is 32.4 Å². The van der Waals surface area contributed by atoms with Crippen LogP contribution in [0.5, 0.6) is 0 Å². The zero-order chi connectivity index (χ0) is 15.2. The summed E-state index contributed by atoms with van der Waals surface area (Å²) >= 11 is 0. The van der Waals surface area contributed by atoms with Gasteiger partial charge in [-0.15, -0.1) is 6.58 Å². The van der Waals surface area contributed by atoms with Gasteiger partial charge in [0.15, 0.2) is 0 Å². The van der Waals surface area contributed by atoms with Gasteiger partial charge in [-0.05, 0) is 30.5 Å². The molecule has 112 valence electrons. The van der Waals surface area contributed by atoms with E-state index < -0.39 is 6.04 Å². The molecule has 5 heteroatoms. The topological polar surface area (TPSA) is 49.4 Å². The quantitative estimate of drug-likeness (QED) is 0.815. The van der Waals surface area contributed by atoms with Gasteiger partial charge in [0.05, 0.1) is 0 Å². The number of carbonyl (C=O) groups is 2. The highest BCUT2D eigenvalue weighted by atomic mass is 19.1. The molecule has 0 aromatic heterocycles. The van der Waals surface area contributed by atoms with Crippen molar-refractivity contribution in [1.82, 2.24) is 10.2 Å². The fourth-order valence-electron chi connectivity index (χ4n) is 2.34. The first-order valence-electron chi connectivity index (χ1n) is 7.03. The molecule has 21 heavy (non-hydrogen) atoms. The lowest BCUT2D eigenvalue weighted by Gasteiger charge is -2.17. The van der Waals surface area contributed by atoms with Gasteiger partial charge in [-0.2, -0.15) is 0 Å². The van der Waals surface area contributed by atoms with Crippen LogP contribution < -0.4 is 5.32 Å². The van der Waals surface area contributed by atoms with Gasteiger partial charge < -0.3 is 10.2 Å². The van der Waals surface area contributed by atoms with E-state index in [4.69, 9.17) is 0 Å². The van der Waals surface area contributed by atoms with Crippen molar-refractivity contribution in [3.05, 3.63) is 48.3 Å². The number of hydrogen-bond acceptors (Lipinski definition) is 2. The summed E-state index contributed by atoms with van der Waals surface area (Å²) in [4.78, 5) is 25.5. The largest absolute Gasteiger partial charge is 0.344 e. The first-order chi connectivity index (χ1) is 10.1. The van der Waals surface area contributed by atoms with Crippen LogP contribution in [0.25, 0.3) is 0 Å². The molecule has 0 bridgehead atoms. The lowest BCUT2D eigenvalue weighted by Crippen LogP contribution is -2.41. The molecule has 4 nitrogen and oxygen atoms in total. The minimum Gasteiger partial charge on any atom is -0.344 e. The molecule has 0 aliphatic carbocycles. The predicted octanol–water partition coefficient (Wildman–Crippen LogP) is 2.01. The average Bonchev–Trinajstić information content (AvgIpc) is 2.80. The number of nitrogens with zero attached hydrogens (tertiary/aromatic N) is 1. The number of hydrogen-bond donors (Lipinski definition) is 1. The molecule has 1 atom stereocenters. The molecule has 1 fully saturated rings. The van der Waals surface area contributed by atoms with E-state index in [1.165, 1.54) is 12.1 Å². The molecule has 0 saturated carbocycles. The van der Waals surface area contributed by atoms with E-state index in [2.05, 4.69) is 11.9 Å². The lowest BCUT2D eigenvalue weighted by molar-refractivity contribution is -0.133. The molecule has 1 aliphatic rings. The fourth-order valence-corrected chi connectivity index (χ4v) is 2.34. The second-order valence-corrected chi connectivity index (χ2v) is 5.12. The van der Waals surface area contributed by atoms with Crippen molar-refractivity contribution in [2.24, 2.45) is 0 Å². The molecular formula is C16H19FN2O2. The van der Waals surface area contributed by atoms with Crippen LogP contribution in [-0.4, -0.2) is 29.3 Å². The van der Waals surface area contributed by atoms with E-state index >= 15 is 0 Å². The van der Waals surface area contributed by atoms with Crippen LogP contribution in [0.4, 0.5) is 4.39 Å². The molecule has 0 unspecified atom stereocenters. The highest BCUT2D eigenvalue weighted by Gasteiger charge is 2.32. The Morgan fingerprint density at radius 3 is 2.81 bits per heavy atom. The second-order valence-electron chi connectivity index (χ2n) is 5.12. The molecular weight excluding hydrogens is 271 g/mol. The third-order valence-corrected chi connectivity index (χ3v) is 3.49. The zero-order valence-corrected chi connectivity index (χ0v) is 11.8. The standard InChI is InChI=1S/C16H19FN2O2/c1-2-3-4-15(20)18-14-9-10-19(16(14)21)11-12-5-7-13(17)8-6-12/h2,5-8,14H,1,3-4,9-11H2,(H,18,20)/t14-/m1/s1. The third kappa shape index (κ3) is 4.15. The van der Waals surface area contributed by atoms with Crippen molar-refractivity contribution >= 4 is 11.8 Å². The van der Waals surface area contributed by atoms with E-state index in [1.807, 2.05) is 0 Å². The Balaban J connectivity index is 1.87. The van der Waals surface area contributed by atoms with Gasteiger partial charge >= 0.3 is 0 Å². The van der Waals surface area contributed by atoms with Gasteiger partial charge in [0, 0.05) is 19.5 Å². The van der Waals surface area contributed by atoms with E-state index in [9.17, 15) is 14.0 Å². The summed E-state index contributed by atoms with van der Waals surface area (Å²) < 4.78 is 12.8. The highest BCUT2D eigenvalue weighted by molar-refractivity contribution is 5.89. The third-order valence-electron chi connectivity index (χ3n) is 3.49. The van der Waals surface area contributed by atoms with Crippen molar-refractivity contribution in [2.75, 3.05) is 6.54 Å². The van der Waals surface area contributed by atoms with Crippen molar-refractivity contribution in [3.63, 3.8) is 0 Å². The first-order valence-corrected chi connectivity index (χ1v) is 7.03. The van der Waals surface area contributed by atoms with Crippen LogP contribution in [-0.2, 0) is 16.1 Å². The smallest absolute Gasteiger partial charge is 0.245 e. The number of allylic oxidation sites excluding steroid dienone is 1. The molecule has 2 rings (SSSR count). The van der Waals surface area contributed by atoms with Gasteiger partial charge in [0.25, 0.3) is 0 Å². The molecule has 1 aromatic rings. The minimum absolute atomic E-state index is 0.0775. The Labute approximate surface area is 123 Å². The summed E-state index contributed by atoms with van der Waals surface area (Å²) in [6.45, 7) is 4.61. The molecule has 1 N–H and O–H groups in total. The molecule has 1 aliphatic heterocycles. The molecule has 1 saturated heterocycles. The number of likely N-dealkylation sites (tertiary alicyclic amines) is 1. The van der Waals surface area contributed by atoms with Gasteiger partial charge in [-0.3, -0.25) is 9.59 Å². The number of amides is 2. The van der Waals surface area contributed by atoms with Gasteiger partial charge in [-0.1, -0.05) is 18.2 Å². The number of nitrogens with one attached hydrogen (secondary N) is 1. The Hall–Kier alpha value is -2.17. The average molecular weight is 290 g/mol. The van der Waals surface area contributed by atoms with Crippen LogP contribution in [0.3, 0.4) is 0 Å². The monoisotopic (exact) mass is 290 g/mol. The SMILES string of the molecule is C=CCCC(=O)N[C@@H]1CCN(Cc2ccc(F)cc2)C1=O. The van der Waals surface area contributed by atoms with Crippen LogP contribution in [0.15, 0.2) is 36.9 Å². The molecule has 1 aromatic carbocycles. The lowest BCUT2D eigenvalue weighted by atomic mass is 10.2. The summed E-state index contributed by atoms with van der Waals surface area (Å²) in [6, 6.07) is 5.65. The maximum absolute atomic E-state index is 12.8. The summed E-state index contributed by atoms with van der Waals surface area (Å²) in [6.07, 6.45) is 3.24. The second kappa shape index (κ2) is 7.02. The normalized spacial score (nSPS) is 17.9. The Morgan fingerprint density at radius 2 is 2.14 bits per heavy atom. The van der Waals surface area contributed by atoms with Crippen molar-refractivity contribution in [3.8, 4) is 0 Å². The zero-order valence-electron chi connectivity index (χ0n) is 11.8. The van der Waals surface area contributed by atoms with Crippen molar-refractivity contribution in [1.29, 1.82) is 0 Å². The number of carbonyl (C=O) groups excluding carboxylic acids is 2. The Bertz CT molecular complexity index is 528. The maximum Gasteiger partial charge on any atom is 0.245 e. The minimum atomic E-state index is -0.442. The van der Waals surface area contributed by atoms with E-state index in [1.54, 1.807) is 23.1 Å². The van der Waals surface area contributed by atoms with Crippen LogP contribution in [0.1, 0.15) is 24.8 Å². The van der Waals surface area contributed by atoms with Gasteiger partial charge in [-0.25, -0.2) is 4.39 Å². The number of benzene rings is 1. The van der Waals surface area contributed by atoms with Crippen molar-refractivity contribution < 1.29 is 14.0 Å². The summed E-state index contributed by atoms with van der Waals surface area (Å²) in [7, 11) is 0. The van der Waals surface area contributed by atoms with Gasteiger partial charge in [0.1, 0.15) is 11.9 Å². The van der Waals surface area contributed by atoms with Crippen LogP contribution in [0, 0.1) is 5.82 Å². The summed E-state index contributed by atoms with van der Waals surface area (Å²) in [5, 5.41) is 2.75. The first kappa shape index (κ1) is 15.2. The number of halogens is 1. The molecule has 0 spiro atoms. The van der Waals surface area contributed by atoms with Gasteiger partial charge in [0.2, 0.25) is 11.8 Å². The summed E-state index contributed by atoms with van der Waals surface area (Å²) in [5.41, 5.74) is 0.878. The maximum atomic E-state index is 12.8. The van der Waals surface area contributed by atoms with E-state index in [-0.39, 0.29) is 17.6 Å². The van der Waals surface area contributed by atoms with E-state index in [0.717, 1.165) is 5.56 Å². The van der Waals surface area contributed by atoms with Crippen LogP contribution in [0.2, 0.25) is 0 Å². The Kier molecular flexibility index (Phi) is 5.09. The van der Waals surface area contributed by atoms with Crippen molar-refractivity contribution in [2.45, 2.75) is 31.8 Å². The fraction of sp³-hybridized carbons (Fsp3) is 0.375. The molecule has 2 amide bonds. The molecule has 0 radical (unpaired) electrons. The Morgan fingerprint density at radius 1 is 1.43 bits per heavy atom. The van der Waals surface area contributed by atoms with Crippen LogP contribution >= 0.6 is 0 Å². The highest BCUT2D eigenvalue weighted by Crippen LogP contribution is 2.15. The number of rotatable bonds is 6.